The van der Waals surface area contributed by atoms with Crippen molar-refractivity contribution in [1.29, 1.82) is 0 Å². The quantitative estimate of drug-likeness (QED) is 0.501. The van der Waals surface area contributed by atoms with Gasteiger partial charge in [0, 0.05) is 42.8 Å². The second-order valence-electron chi connectivity index (χ2n) is 7.24. The first-order valence-corrected chi connectivity index (χ1v) is 11.0. The fourth-order valence-corrected chi connectivity index (χ4v) is 4.23. The van der Waals surface area contributed by atoms with Gasteiger partial charge in [0.25, 0.3) is 5.69 Å². The predicted octanol–water partition coefficient (Wildman–Crippen LogP) is 2.43. The van der Waals surface area contributed by atoms with E-state index in [4.69, 9.17) is 5.14 Å². The zero-order valence-electron chi connectivity index (χ0n) is 16.4. The highest BCUT2D eigenvalue weighted by molar-refractivity contribution is 7.89. The third-order valence-electron chi connectivity index (χ3n) is 5.34. The SMILES string of the molecule is Cc1ccc2ccc(N3CCN(c4ccc(S(N)(=O)=O)cc4)CC3)nc2c1[N+](=O)[O-]. The van der Waals surface area contributed by atoms with Crippen LogP contribution in [-0.4, -0.2) is 44.5 Å². The van der Waals surface area contributed by atoms with Gasteiger partial charge in [-0.05, 0) is 43.3 Å². The van der Waals surface area contributed by atoms with Crippen molar-refractivity contribution in [3.05, 3.63) is 64.2 Å². The van der Waals surface area contributed by atoms with Crippen LogP contribution in [0.15, 0.2) is 53.4 Å². The number of aromatic nitrogens is 1. The van der Waals surface area contributed by atoms with E-state index in [1.54, 1.807) is 25.1 Å². The van der Waals surface area contributed by atoms with Crippen molar-refractivity contribution >= 4 is 38.1 Å². The van der Waals surface area contributed by atoms with Crippen LogP contribution in [0.5, 0.6) is 0 Å². The first-order valence-electron chi connectivity index (χ1n) is 9.41. The van der Waals surface area contributed by atoms with E-state index >= 15 is 0 Å². The Morgan fingerprint density at radius 3 is 2.17 bits per heavy atom. The molecule has 1 saturated heterocycles. The number of pyridine rings is 1. The van der Waals surface area contributed by atoms with Crippen molar-refractivity contribution in [3.8, 4) is 0 Å². The summed E-state index contributed by atoms with van der Waals surface area (Å²) < 4.78 is 22.8. The number of rotatable bonds is 4. The van der Waals surface area contributed by atoms with Gasteiger partial charge in [0.2, 0.25) is 10.0 Å². The molecular weight excluding hydrogens is 406 g/mol. The standard InChI is InChI=1S/C20H21N5O4S/c1-14-2-3-15-4-9-18(22-19(15)20(14)25(26)27)24-12-10-23(11-13-24)16-5-7-17(8-6-16)30(21,28)29/h2-9H,10-13H2,1H3,(H2,21,28,29). The van der Waals surface area contributed by atoms with E-state index in [2.05, 4.69) is 14.8 Å². The summed E-state index contributed by atoms with van der Waals surface area (Å²) in [5.41, 5.74) is 1.95. The summed E-state index contributed by atoms with van der Waals surface area (Å²) in [5, 5.41) is 17.4. The fraction of sp³-hybridized carbons (Fsp3) is 0.250. The maximum absolute atomic E-state index is 11.5. The van der Waals surface area contributed by atoms with E-state index in [-0.39, 0.29) is 15.5 Å². The maximum Gasteiger partial charge on any atom is 0.298 e. The lowest BCUT2D eigenvalue weighted by Gasteiger charge is -2.36. The van der Waals surface area contributed by atoms with E-state index in [1.165, 1.54) is 12.1 Å². The molecule has 2 heterocycles. The van der Waals surface area contributed by atoms with Crippen molar-refractivity contribution in [2.24, 2.45) is 5.14 Å². The van der Waals surface area contributed by atoms with Crippen LogP contribution >= 0.6 is 0 Å². The number of fused-ring (bicyclic) bond motifs is 1. The van der Waals surface area contributed by atoms with Crippen LogP contribution in [0.4, 0.5) is 17.2 Å². The third kappa shape index (κ3) is 3.79. The molecule has 0 spiro atoms. The van der Waals surface area contributed by atoms with Crippen LogP contribution in [0.3, 0.4) is 0 Å². The number of piperazine rings is 1. The van der Waals surface area contributed by atoms with E-state index in [0.29, 0.717) is 43.1 Å². The highest BCUT2D eigenvalue weighted by Crippen LogP contribution is 2.30. The molecule has 1 fully saturated rings. The number of nitrogens with two attached hydrogens (primary N) is 1. The van der Waals surface area contributed by atoms with Crippen molar-refractivity contribution in [2.45, 2.75) is 11.8 Å². The topological polar surface area (TPSA) is 123 Å². The number of primary sulfonamides is 1. The number of aryl methyl sites for hydroxylation is 1. The molecule has 0 atom stereocenters. The van der Waals surface area contributed by atoms with Gasteiger partial charge in [-0.15, -0.1) is 0 Å². The fourth-order valence-electron chi connectivity index (χ4n) is 3.71. The van der Waals surface area contributed by atoms with Crippen molar-refractivity contribution in [2.75, 3.05) is 36.0 Å². The third-order valence-corrected chi connectivity index (χ3v) is 6.27. The largest absolute Gasteiger partial charge is 0.368 e. The number of hydrogen-bond donors (Lipinski definition) is 1. The van der Waals surface area contributed by atoms with Gasteiger partial charge in [-0.25, -0.2) is 18.5 Å². The molecule has 10 heteroatoms. The monoisotopic (exact) mass is 427 g/mol. The molecule has 2 aromatic carbocycles. The minimum atomic E-state index is -3.71. The summed E-state index contributed by atoms with van der Waals surface area (Å²) in [6.07, 6.45) is 0. The van der Waals surface area contributed by atoms with Gasteiger partial charge < -0.3 is 9.80 Å². The molecule has 0 bridgehead atoms. The molecule has 0 saturated carbocycles. The van der Waals surface area contributed by atoms with Crippen LogP contribution in [0, 0.1) is 17.0 Å². The Morgan fingerprint density at radius 1 is 0.967 bits per heavy atom. The van der Waals surface area contributed by atoms with E-state index in [9.17, 15) is 18.5 Å². The number of nitro groups is 1. The van der Waals surface area contributed by atoms with Crippen LogP contribution in [0.25, 0.3) is 10.9 Å². The number of hydrogen-bond acceptors (Lipinski definition) is 7. The molecule has 1 aliphatic heterocycles. The van der Waals surface area contributed by atoms with Gasteiger partial charge >= 0.3 is 0 Å². The Morgan fingerprint density at radius 2 is 1.57 bits per heavy atom. The molecule has 1 aromatic heterocycles. The second-order valence-corrected chi connectivity index (χ2v) is 8.80. The Hall–Kier alpha value is -3.24. The molecule has 156 valence electrons. The highest BCUT2D eigenvalue weighted by atomic mass is 32.2. The number of anilines is 2. The molecule has 2 N–H and O–H groups in total. The van der Waals surface area contributed by atoms with Gasteiger partial charge in [-0.1, -0.05) is 12.1 Å². The first-order chi connectivity index (χ1) is 14.2. The Bertz CT molecular complexity index is 1220. The normalized spacial score (nSPS) is 14.9. The second kappa shape index (κ2) is 7.54. The Balaban J connectivity index is 1.53. The average Bonchev–Trinajstić information content (AvgIpc) is 2.72. The van der Waals surface area contributed by atoms with Gasteiger partial charge in [0.1, 0.15) is 5.82 Å². The summed E-state index contributed by atoms with van der Waals surface area (Å²) >= 11 is 0. The summed E-state index contributed by atoms with van der Waals surface area (Å²) in [7, 11) is -3.71. The zero-order chi connectivity index (χ0) is 21.5. The Kier molecular flexibility index (Phi) is 5.04. The number of nitro benzene ring substituents is 1. The first kappa shape index (κ1) is 20.0. The van der Waals surface area contributed by atoms with Crippen molar-refractivity contribution in [3.63, 3.8) is 0 Å². The lowest BCUT2D eigenvalue weighted by Crippen LogP contribution is -2.46. The lowest BCUT2D eigenvalue weighted by molar-refractivity contribution is -0.383. The summed E-state index contributed by atoms with van der Waals surface area (Å²) in [6, 6.07) is 13.8. The Labute approximate surface area is 173 Å². The molecule has 0 radical (unpaired) electrons. The minimum absolute atomic E-state index is 0.0444. The van der Waals surface area contributed by atoms with Crippen LogP contribution in [-0.2, 0) is 10.0 Å². The van der Waals surface area contributed by atoms with Crippen LogP contribution in [0.1, 0.15) is 5.56 Å². The van der Waals surface area contributed by atoms with Gasteiger partial charge in [-0.3, -0.25) is 10.1 Å². The highest BCUT2D eigenvalue weighted by Gasteiger charge is 2.22. The van der Waals surface area contributed by atoms with E-state index < -0.39 is 10.0 Å². The molecule has 0 aliphatic carbocycles. The summed E-state index contributed by atoms with van der Waals surface area (Å²) in [5.74, 6) is 0.709. The molecular formula is C20H21N5O4S. The lowest BCUT2D eigenvalue weighted by atomic mass is 10.1. The number of nitrogens with zero attached hydrogens (tertiary/aromatic N) is 4. The summed E-state index contributed by atoms with van der Waals surface area (Å²) in [4.78, 5) is 20.1. The van der Waals surface area contributed by atoms with Gasteiger partial charge in [-0.2, -0.15) is 0 Å². The molecule has 9 nitrogen and oxygen atoms in total. The number of sulfonamides is 1. The average molecular weight is 427 g/mol. The van der Waals surface area contributed by atoms with E-state index in [0.717, 1.165) is 11.1 Å². The zero-order valence-corrected chi connectivity index (χ0v) is 17.2. The molecule has 30 heavy (non-hydrogen) atoms. The summed E-state index contributed by atoms with van der Waals surface area (Å²) in [6.45, 7) is 4.52. The molecule has 0 amide bonds. The molecule has 4 rings (SSSR count). The van der Waals surface area contributed by atoms with Crippen molar-refractivity contribution in [1.82, 2.24) is 4.98 Å². The van der Waals surface area contributed by atoms with Crippen LogP contribution < -0.4 is 14.9 Å². The number of benzene rings is 2. The van der Waals surface area contributed by atoms with Gasteiger partial charge in [0.05, 0.1) is 9.82 Å². The van der Waals surface area contributed by atoms with Crippen LogP contribution in [0.2, 0.25) is 0 Å². The molecule has 0 unspecified atom stereocenters. The van der Waals surface area contributed by atoms with Gasteiger partial charge in [0.15, 0.2) is 5.52 Å². The van der Waals surface area contributed by atoms with Crippen molar-refractivity contribution < 1.29 is 13.3 Å². The smallest absolute Gasteiger partial charge is 0.298 e. The maximum atomic E-state index is 11.5. The molecule has 1 aliphatic rings. The van der Waals surface area contributed by atoms with E-state index in [1.807, 2.05) is 18.2 Å². The minimum Gasteiger partial charge on any atom is -0.368 e. The predicted molar refractivity (Wildman–Crippen MR) is 115 cm³/mol. The molecule has 3 aromatic rings.